The number of rotatable bonds is 4. The summed E-state index contributed by atoms with van der Waals surface area (Å²) in [6.07, 6.45) is 6.42. The molecule has 1 aliphatic carbocycles. The highest BCUT2D eigenvalue weighted by Crippen LogP contribution is 2.50. The lowest BCUT2D eigenvalue weighted by Crippen LogP contribution is -2.30. The Morgan fingerprint density at radius 2 is 2.39 bits per heavy atom. The summed E-state index contributed by atoms with van der Waals surface area (Å²) in [6, 6.07) is 0. The number of methoxy groups -OCH3 is 1. The summed E-state index contributed by atoms with van der Waals surface area (Å²) in [5.41, 5.74) is 0.567. The van der Waals surface area contributed by atoms with Gasteiger partial charge in [0.2, 0.25) is 0 Å². The summed E-state index contributed by atoms with van der Waals surface area (Å²) in [7, 11) is 1.35. The molecule has 100 valence electrons. The normalized spacial score (nSPS) is 30.4. The molecule has 0 saturated carbocycles. The van der Waals surface area contributed by atoms with Crippen molar-refractivity contribution < 1.29 is 19.1 Å². The van der Waals surface area contributed by atoms with Gasteiger partial charge in [0.1, 0.15) is 6.10 Å². The molecule has 0 N–H and O–H groups in total. The van der Waals surface area contributed by atoms with Crippen LogP contribution in [0.25, 0.3) is 0 Å². The maximum atomic E-state index is 12.2. The number of allylic oxidation sites excluding steroid dienone is 1. The van der Waals surface area contributed by atoms with Crippen molar-refractivity contribution in [1.29, 1.82) is 0 Å². The summed E-state index contributed by atoms with van der Waals surface area (Å²) in [5.74, 6) is -0.476. The van der Waals surface area contributed by atoms with Gasteiger partial charge in [-0.05, 0) is 31.3 Å². The van der Waals surface area contributed by atoms with Crippen LogP contribution < -0.4 is 0 Å². The fraction of sp³-hybridized carbons (Fsp3) is 0.714. The SMILES string of the molecule is CCC[C@]12CCCC=C1C(CC(=O)OC)OC2=O. The van der Waals surface area contributed by atoms with Gasteiger partial charge in [0.15, 0.2) is 0 Å². The molecule has 2 aliphatic rings. The van der Waals surface area contributed by atoms with Gasteiger partial charge in [0.05, 0.1) is 18.9 Å². The number of carbonyl (C=O) groups is 2. The van der Waals surface area contributed by atoms with Gasteiger partial charge >= 0.3 is 11.9 Å². The molecule has 0 aromatic rings. The number of carbonyl (C=O) groups excluding carboxylic acids is 2. The van der Waals surface area contributed by atoms with Gasteiger partial charge in [-0.1, -0.05) is 19.4 Å². The van der Waals surface area contributed by atoms with Gasteiger partial charge in [0, 0.05) is 0 Å². The van der Waals surface area contributed by atoms with E-state index >= 15 is 0 Å². The second kappa shape index (κ2) is 5.12. The predicted octanol–water partition coefficient (Wildman–Crippen LogP) is 2.37. The second-order valence-corrected chi connectivity index (χ2v) is 5.06. The zero-order chi connectivity index (χ0) is 13.2. The summed E-state index contributed by atoms with van der Waals surface area (Å²) in [4.78, 5) is 23.6. The first-order chi connectivity index (χ1) is 8.64. The minimum Gasteiger partial charge on any atom is -0.469 e. The summed E-state index contributed by atoms with van der Waals surface area (Å²) in [5, 5.41) is 0. The third kappa shape index (κ3) is 2.04. The van der Waals surface area contributed by atoms with Crippen LogP contribution in [0, 0.1) is 5.41 Å². The van der Waals surface area contributed by atoms with E-state index in [0.29, 0.717) is 0 Å². The molecule has 0 bridgehead atoms. The lowest BCUT2D eigenvalue weighted by molar-refractivity contribution is -0.152. The highest BCUT2D eigenvalue weighted by molar-refractivity contribution is 5.86. The smallest absolute Gasteiger partial charge is 0.316 e. The molecule has 0 amide bonds. The zero-order valence-electron chi connectivity index (χ0n) is 11.0. The van der Waals surface area contributed by atoms with Crippen LogP contribution in [0.1, 0.15) is 45.4 Å². The third-order valence-electron chi connectivity index (χ3n) is 3.97. The molecule has 18 heavy (non-hydrogen) atoms. The lowest BCUT2D eigenvalue weighted by atomic mass is 9.69. The topological polar surface area (TPSA) is 52.6 Å². The lowest BCUT2D eigenvalue weighted by Gasteiger charge is -2.30. The summed E-state index contributed by atoms with van der Waals surface area (Å²) < 4.78 is 10.1. The summed E-state index contributed by atoms with van der Waals surface area (Å²) in [6.45, 7) is 2.07. The first kappa shape index (κ1) is 13.1. The van der Waals surface area contributed by atoms with Crippen LogP contribution in [0.4, 0.5) is 0 Å². The van der Waals surface area contributed by atoms with E-state index < -0.39 is 11.5 Å². The number of hydrogen-bond acceptors (Lipinski definition) is 4. The van der Waals surface area contributed by atoms with Crippen molar-refractivity contribution in [2.45, 2.75) is 51.6 Å². The zero-order valence-corrected chi connectivity index (χ0v) is 11.0. The highest BCUT2D eigenvalue weighted by Gasteiger charge is 2.53. The van der Waals surface area contributed by atoms with E-state index in [1.54, 1.807) is 0 Å². The van der Waals surface area contributed by atoms with E-state index in [1.807, 2.05) is 0 Å². The number of ether oxygens (including phenoxy) is 2. The van der Waals surface area contributed by atoms with E-state index in [4.69, 9.17) is 4.74 Å². The van der Waals surface area contributed by atoms with Crippen molar-refractivity contribution in [3.05, 3.63) is 11.6 Å². The fourth-order valence-corrected chi connectivity index (χ4v) is 3.15. The monoisotopic (exact) mass is 252 g/mol. The molecule has 1 saturated heterocycles. The van der Waals surface area contributed by atoms with Gasteiger partial charge < -0.3 is 9.47 Å². The first-order valence-corrected chi connectivity index (χ1v) is 6.62. The van der Waals surface area contributed by atoms with Gasteiger partial charge in [-0.2, -0.15) is 0 Å². The van der Waals surface area contributed by atoms with Crippen molar-refractivity contribution in [3.8, 4) is 0 Å². The molecule has 0 radical (unpaired) electrons. The van der Waals surface area contributed by atoms with Crippen molar-refractivity contribution in [2.24, 2.45) is 5.41 Å². The number of hydrogen-bond donors (Lipinski definition) is 0. The Hall–Kier alpha value is -1.32. The van der Waals surface area contributed by atoms with Crippen LogP contribution in [0.15, 0.2) is 11.6 Å². The fourth-order valence-electron chi connectivity index (χ4n) is 3.15. The van der Waals surface area contributed by atoms with E-state index in [0.717, 1.165) is 37.7 Å². The molecule has 0 aromatic heterocycles. The van der Waals surface area contributed by atoms with Crippen molar-refractivity contribution in [1.82, 2.24) is 0 Å². The Kier molecular flexibility index (Phi) is 3.73. The van der Waals surface area contributed by atoms with E-state index in [1.165, 1.54) is 7.11 Å². The molecule has 2 atom stereocenters. The molecule has 1 aliphatic heterocycles. The molecule has 4 nitrogen and oxygen atoms in total. The average molecular weight is 252 g/mol. The third-order valence-corrected chi connectivity index (χ3v) is 3.97. The van der Waals surface area contributed by atoms with Crippen LogP contribution in [-0.4, -0.2) is 25.2 Å². The quantitative estimate of drug-likeness (QED) is 0.569. The van der Waals surface area contributed by atoms with Crippen LogP contribution in [0.5, 0.6) is 0 Å². The standard InChI is InChI=1S/C14H20O4/c1-3-7-14-8-5-4-6-10(14)11(18-13(14)16)9-12(15)17-2/h6,11H,3-5,7-9H2,1-2H3/t11?,14-/m0/s1. The average Bonchev–Trinajstić information content (AvgIpc) is 2.63. The van der Waals surface area contributed by atoms with Crippen molar-refractivity contribution in [2.75, 3.05) is 7.11 Å². The first-order valence-electron chi connectivity index (χ1n) is 6.62. The molecular formula is C14H20O4. The Balaban J connectivity index is 2.25. The van der Waals surface area contributed by atoms with Gasteiger partial charge in [0.25, 0.3) is 0 Å². The minimum absolute atomic E-state index is 0.138. The molecule has 4 heteroatoms. The van der Waals surface area contributed by atoms with Crippen LogP contribution in [0.3, 0.4) is 0 Å². The van der Waals surface area contributed by atoms with Crippen LogP contribution in [-0.2, 0) is 19.1 Å². The highest BCUT2D eigenvalue weighted by atomic mass is 16.6. The molecule has 1 fully saturated rings. The number of cyclic esters (lactones) is 1. The molecule has 1 heterocycles. The van der Waals surface area contributed by atoms with Gasteiger partial charge in [-0.25, -0.2) is 0 Å². The Labute approximate surface area is 107 Å². The molecule has 0 spiro atoms. The molecule has 1 unspecified atom stereocenters. The molecule has 0 aromatic carbocycles. The van der Waals surface area contributed by atoms with E-state index in [9.17, 15) is 9.59 Å². The second-order valence-electron chi connectivity index (χ2n) is 5.06. The summed E-state index contributed by atoms with van der Waals surface area (Å²) >= 11 is 0. The largest absolute Gasteiger partial charge is 0.469 e. The van der Waals surface area contributed by atoms with E-state index in [-0.39, 0.29) is 18.4 Å². The maximum absolute atomic E-state index is 12.2. The Bertz CT molecular complexity index is 385. The molecule has 2 rings (SSSR count). The number of esters is 2. The molecular weight excluding hydrogens is 232 g/mol. The van der Waals surface area contributed by atoms with Crippen molar-refractivity contribution >= 4 is 11.9 Å². The van der Waals surface area contributed by atoms with Gasteiger partial charge in [-0.15, -0.1) is 0 Å². The van der Waals surface area contributed by atoms with Gasteiger partial charge in [-0.3, -0.25) is 9.59 Å². The Morgan fingerprint density at radius 1 is 1.61 bits per heavy atom. The van der Waals surface area contributed by atoms with Crippen LogP contribution in [0.2, 0.25) is 0 Å². The number of fused-ring (bicyclic) bond motifs is 1. The van der Waals surface area contributed by atoms with Crippen LogP contribution >= 0.6 is 0 Å². The van der Waals surface area contributed by atoms with Crippen molar-refractivity contribution in [3.63, 3.8) is 0 Å². The maximum Gasteiger partial charge on any atom is 0.316 e. The Morgan fingerprint density at radius 3 is 3.06 bits per heavy atom. The predicted molar refractivity (Wildman–Crippen MR) is 65.8 cm³/mol. The van der Waals surface area contributed by atoms with E-state index in [2.05, 4.69) is 17.7 Å². The minimum atomic E-state index is -0.453.